The lowest BCUT2D eigenvalue weighted by molar-refractivity contribution is -0.159. The van der Waals surface area contributed by atoms with E-state index < -0.39 is 5.60 Å². The fourth-order valence-electron chi connectivity index (χ4n) is 10.1. The van der Waals surface area contributed by atoms with Gasteiger partial charge in [0.2, 0.25) is 0 Å². The lowest BCUT2D eigenvalue weighted by atomic mass is 9.38. The van der Waals surface area contributed by atoms with Gasteiger partial charge in [-0.3, -0.25) is 4.79 Å². The highest BCUT2D eigenvalue weighted by atomic mass is 16.5. The zero-order valence-electron chi connectivity index (χ0n) is 26.8. The maximum atomic E-state index is 13.5. The Balaban J connectivity index is 0.00000441. The second kappa shape index (κ2) is 9.83. The normalized spacial score (nSPS) is 42.7. The van der Waals surface area contributed by atoms with E-state index in [0.717, 1.165) is 37.7 Å². The maximum Gasteiger partial charge on any atom is 0.309 e. The number of hydrogen-bond acceptors (Lipinski definition) is 4. The molecule has 40 heavy (non-hydrogen) atoms. The van der Waals surface area contributed by atoms with Crippen LogP contribution in [0, 0.1) is 44.3 Å². The van der Waals surface area contributed by atoms with Gasteiger partial charge in [0.25, 0.3) is 0 Å². The number of methoxy groups -OCH3 is 1. The van der Waals surface area contributed by atoms with Crippen LogP contribution in [-0.2, 0) is 9.53 Å². The van der Waals surface area contributed by atoms with Crippen molar-refractivity contribution >= 4 is 5.97 Å². The number of aliphatic hydroxyl groups is 2. The molecule has 4 rings (SSSR count). The van der Waals surface area contributed by atoms with Crippen LogP contribution >= 0.6 is 0 Å². The van der Waals surface area contributed by atoms with E-state index in [9.17, 15) is 15.0 Å². The predicted molar refractivity (Wildman–Crippen MR) is 166 cm³/mol. The SMILES string of the molecule is C.C=C(CC[C@@H](C(=O)OC)[C@@]1(C)[C@H](C)C[C@@]2(C)C3=CC[C@@]4(C)C(C)(C)[C@@H](O)CC[C@]4(C)C3=CC[C@]12C)C(C)(C)O. The highest BCUT2D eigenvalue weighted by molar-refractivity contribution is 5.74. The van der Waals surface area contributed by atoms with Crippen molar-refractivity contribution in [1.29, 1.82) is 0 Å². The number of rotatable bonds is 6. The minimum atomic E-state index is -0.972. The second-order valence-electron chi connectivity index (χ2n) is 15.9. The van der Waals surface area contributed by atoms with Gasteiger partial charge in [-0.25, -0.2) is 0 Å². The quantitative estimate of drug-likeness (QED) is 0.254. The number of carbonyl (C=O) groups is 1. The first-order valence-electron chi connectivity index (χ1n) is 15.3. The molecule has 4 aliphatic carbocycles. The van der Waals surface area contributed by atoms with Gasteiger partial charge in [-0.15, -0.1) is 0 Å². The molecule has 228 valence electrons. The van der Waals surface area contributed by atoms with Crippen molar-refractivity contribution in [2.45, 2.75) is 133 Å². The Bertz CT molecular complexity index is 1110. The summed E-state index contributed by atoms with van der Waals surface area (Å²) >= 11 is 0. The zero-order valence-corrected chi connectivity index (χ0v) is 26.8. The van der Waals surface area contributed by atoms with Gasteiger partial charge < -0.3 is 14.9 Å². The topological polar surface area (TPSA) is 66.8 Å². The smallest absolute Gasteiger partial charge is 0.309 e. The van der Waals surface area contributed by atoms with Crippen LogP contribution in [0.4, 0.5) is 0 Å². The van der Waals surface area contributed by atoms with Crippen LogP contribution in [0.15, 0.2) is 35.5 Å². The third-order valence-electron chi connectivity index (χ3n) is 14.3. The summed E-state index contributed by atoms with van der Waals surface area (Å²) in [5.74, 6) is -0.119. The van der Waals surface area contributed by atoms with Gasteiger partial charge in [-0.1, -0.05) is 81.5 Å². The molecule has 0 aromatic heterocycles. The third-order valence-corrected chi connectivity index (χ3v) is 14.3. The highest BCUT2D eigenvalue weighted by Gasteiger charge is 2.72. The van der Waals surface area contributed by atoms with Crippen molar-refractivity contribution in [3.8, 4) is 0 Å². The summed E-state index contributed by atoms with van der Waals surface area (Å²) in [5, 5.41) is 21.6. The number of ether oxygens (including phenoxy) is 1. The van der Waals surface area contributed by atoms with Crippen LogP contribution in [0.1, 0.15) is 122 Å². The molecule has 4 aliphatic rings. The molecule has 0 aromatic rings. The van der Waals surface area contributed by atoms with Crippen LogP contribution in [0.25, 0.3) is 0 Å². The molecule has 0 unspecified atom stereocenters. The third kappa shape index (κ3) is 3.94. The van der Waals surface area contributed by atoms with E-state index in [-0.39, 0.29) is 57.9 Å². The van der Waals surface area contributed by atoms with Gasteiger partial charge in [0.1, 0.15) is 0 Å². The molecule has 8 atom stereocenters. The molecule has 0 spiro atoms. The first-order valence-corrected chi connectivity index (χ1v) is 15.3. The molecule has 2 N–H and O–H groups in total. The minimum Gasteiger partial charge on any atom is -0.469 e. The summed E-state index contributed by atoms with van der Waals surface area (Å²) in [6, 6.07) is 0. The molecule has 2 fully saturated rings. The molecule has 0 aromatic carbocycles. The predicted octanol–water partition coefficient (Wildman–Crippen LogP) is 8.43. The highest BCUT2D eigenvalue weighted by Crippen LogP contribution is 2.78. The molecule has 0 radical (unpaired) electrons. The van der Waals surface area contributed by atoms with Crippen LogP contribution in [0.2, 0.25) is 0 Å². The molecule has 2 saturated carbocycles. The van der Waals surface area contributed by atoms with E-state index in [1.165, 1.54) is 18.3 Å². The van der Waals surface area contributed by atoms with Gasteiger partial charge in [0, 0.05) is 0 Å². The molecular weight excluding hydrogens is 496 g/mol. The Labute approximate surface area is 245 Å². The molecule has 0 saturated heterocycles. The van der Waals surface area contributed by atoms with E-state index in [1.807, 2.05) is 0 Å². The first kappa shape index (κ1) is 33.1. The second-order valence-corrected chi connectivity index (χ2v) is 15.9. The van der Waals surface area contributed by atoms with Crippen LogP contribution < -0.4 is 0 Å². The van der Waals surface area contributed by atoms with Crippen molar-refractivity contribution < 1.29 is 19.7 Å². The van der Waals surface area contributed by atoms with E-state index in [1.54, 1.807) is 13.8 Å². The number of aliphatic hydroxyl groups excluding tert-OH is 1. The molecule has 0 amide bonds. The maximum absolute atomic E-state index is 13.5. The Morgan fingerprint density at radius 1 is 1.05 bits per heavy atom. The van der Waals surface area contributed by atoms with Crippen molar-refractivity contribution in [1.82, 2.24) is 0 Å². The van der Waals surface area contributed by atoms with Crippen molar-refractivity contribution in [3.05, 3.63) is 35.5 Å². The monoisotopic (exact) mass is 556 g/mol. The van der Waals surface area contributed by atoms with Gasteiger partial charge in [-0.2, -0.15) is 0 Å². The fourth-order valence-corrected chi connectivity index (χ4v) is 10.1. The molecule has 4 heteroatoms. The zero-order chi connectivity index (χ0) is 29.6. The largest absolute Gasteiger partial charge is 0.469 e. The Kier molecular flexibility index (Phi) is 8.14. The number of hydrogen-bond donors (Lipinski definition) is 2. The van der Waals surface area contributed by atoms with E-state index in [4.69, 9.17) is 4.74 Å². The lowest BCUT2D eigenvalue weighted by Crippen LogP contribution is -2.61. The number of carbonyl (C=O) groups excluding carboxylic acids is 1. The summed E-state index contributed by atoms with van der Waals surface area (Å²) in [5.41, 5.74) is 2.06. The summed E-state index contributed by atoms with van der Waals surface area (Å²) in [6.07, 6.45) is 10.7. The van der Waals surface area contributed by atoms with Gasteiger partial charge in [0.15, 0.2) is 0 Å². The Hall–Kier alpha value is -1.39. The summed E-state index contributed by atoms with van der Waals surface area (Å²) in [7, 11) is 1.51. The standard InChI is InChI=1S/C35H56O4.CH4/c1-22(30(5,6)38)13-14-26(28(37)39-12)35(11)23(2)21-32(8)25-15-19-33(9)29(3,4)27(36)17-18-31(33,7)24(25)16-20-34(32,35)10;/h15-16,23,26-27,36,38H,1,13-14,17-21H2,2-12H3;1H4/t23-,26+,27+,31-,32+,33+,34+,35-;/m1./s1. The van der Waals surface area contributed by atoms with E-state index in [0.29, 0.717) is 18.8 Å². The lowest BCUT2D eigenvalue weighted by Gasteiger charge is -2.66. The summed E-state index contributed by atoms with van der Waals surface area (Å²) in [4.78, 5) is 13.5. The number of allylic oxidation sites excluding steroid dienone is 4. The fraction of sp³-hybridized carbons (Fsp3) is 0.806. The van der Waals surface area contributed by atoms with E-state index >= 15 is 0 Å². The van der Waals surface area contributed by atoms with Crippen LogP contribution in [0.3, 0.4) is 0 Å². The molecule has 4 nitrogen and oxygen atoms in total. The Morgan fingerprint density at radius 2 is 1.57 bits per heavy atom. The minimum absolute atomic E-state index is 0. The first-order chi connectivity index (χ1) is 17.7. The van der Waals surface area contributed by atoms with Crippen LogP contribution in [-0.4, -0.2) is 35.0 Å². The van der Waals surface area contributed by atoms with Crippen molar-refractivity contribution in [3.63, 3.8) is 0 Å². The van der Waals surface area contributed by atoms with Crippen LogP contribution in [0.5, 0.6) is 0 Å². The van der Waals surface area contributed by atoms with Crippen molar-refractivity contribution in [2.75, 3.05) is 7.11 Å². The summed E-state index contributed by atoms with van der Waals surface area (Å²) < 4.78 is 5.47. The van der Waals surface area contributed by atoms with Gasteiger partial charge >= 0.3 is 5.97 Å². The molecule has 0 heterocycles. The number of fused-ring (bicyclic) bond motifs is 5. The molecule has 0 aliphatic heterocycles. The van der Waals surface area contributed by atoms with Gasteiger partial charge in [-0.05, 0) is 114 Å². The average molecular weight is 557 g/mol. The van der Waals surface area contributed by atoms with Gasteiger partial charge in [0.05, 0.1) is 24.7 Å². The summed E-state index contributed by atoms with van der Waals surface area (Å²) in [6.45, 7) is 26.6. The average Bonchev–Trinajstić information content (AvgIpc) is 3.00. The van der Waals surface area contributed by atoms with Crippen molar-refractivity contribution in [2.24, 2.45) is 44.3 Å². The molecular formula is C36H60O4. The van der Waals surface area contributed by atoms with E-state index in [2.05, 4.69) is 74.1 Å². The molecule has 0 bridgehead atoms. The Morgan fingerprint density at radius 3 is 2.10 bits per heavy atom. The number of esters is 1.